The minimum absolute atomic E-state index is 0.0127. The van der Waals surface area contributed by atoms with Gasteiger partial charge in [-0.1, -0.05) is 0 Å². The molecule has 1 aromatic heterocycles. The topological polar surface area (TPSA) is 71.5 Å². The van der Waals surface area contributed by atoms with Crippen LogP contribution >= 0.6 is 11.3 Å². The van der Waals surface area contributed by atoms with E-state index in [9.17, 15) is 9.59 Å². The van der Waals surface area contributed by atoms with Gasteiger partial charge in [0.2, 0.25) is 11.8 Å². The first-order chi connectivity index (χ1) is 12.1. The fourth-order valence-electron chi connectivity index (χ4n) is 3.64. The van der Waals surface area contributed by atoms with Crippen LogP contribution in [0.2, 0.25) is 0 Å². The van der Waals surface area contributed by atoms with Gasteiger partial charge in [-0.05, 0) is 46.0 Å². The van der Waals surface area contributed by atoms with Crippen molar-refractivity contribution in [2.75, 3.05) is 26.3 Å². The van der Waals surface area contributed by atoms with E-state index in [1.165, 1.54) is 4.88 Å². The molecule has 0 aromatic carbocycles. The van der Waals surface area contributed by atoms with Crippen molar-refractivity contribution >= 4 is 23.2 Å². The van der Waals surface area contributed by atoms with E-state index >= 15 is 0 Å². The van der Waals surface area contributed by atoms with Crippen LogP contribution in [0.1, 0.15) is 54.2 Å². The highest BCUT2D eigenvalue weighted by molar-refractivity contribution is 7.11. The molecule has 6 nitrogen and oxygen atoms in total. The number of nitrogens with one attached hydrogen (secondary N) is 1. The number of ether oxygens (including phenoxy) is 1. The summed E-state index contributed by atoms with van der Waals surface area (Å²) in [6, 6.07) is 0.0545. The molecular formula is C18H27N3O3S. The predicted molar refractivity (Wildman–Crippen MR) is 96.5 cm³/mol. The van der Waals surface area contributed by atoms with Gasteiger partial charge >= 0.3 is 0 Å². The molecule has 0 saturated carbocycles. The predicted octanol–water partition coefficient (Wildman–Crippen LogP) is 2.22. The van der Waals surface area contributed by atoms with Crippen molar-refractivity contribution in [3.05, 3.63) is 15.6 Å². The van der Waals surface area contributed by atoms with Gasteiger partial charge in [-0.2, -0.15) is 0 Å². The van der Waals surface area contributed by atoms with Gasteiger partial charge in [0.25, 0.3) is 0 Å². The first-order valence-corrected chi connectivity index (χ1v) is 10.0. The van der Waals surface area contributed by atoms with Crippen molar-refractivity contribution in [2.45, 2.75) is 52.0 Å². The Morgan fingerprint density at radius 3 is 2.80 bits per heavy atom. The summed E-state index contributed by atoms with van der Waals surface area (Å²) < 4.78 is 5.18. The van der Waals surface area contributed by atoms with Gasteiger partial charge in [0.1, 0.15) is 6.61 Å². The molecule has 0 unspecified atom stereocenters. The maximum atomic E-state index is 12.7. The first kappa shape index (κ1) is 18.3. The summed E-state index contributed by atoms with van der Waals surface area (Å²) in [6.07, 6.45) is 4.59. The summed E-state index contributed by atoms with van der Waals surface area (Å²) in [6.45, 7) is 5.86. The number of likely N-dealkylation sites (tertiary alicyclic amines) is 1. The molecule has 7 heteroatoms. The Morgan fingerprint density at radius 1 is 1.32 bits per heavy atom. The smallest absolute Gasteiger partial charge is 0.248 e. The highest BCUT2D eigenvalue weighted by Gasteiger charge is 2.31. The quantitative estimate of drug-likeness (QED) is 0.868. The van der Waals surface area contributed by atoms with Crippen LogP contribution in [0.3, 0.4) is 0 Å². The molecule has 0 spiro atoms. The van der Waals surface area contributed by atoms with Crippen molar-refractivity contribution in [3.63, 3.8) is 0 Å². The van der Waals surface area contributed by atoms with Crippen molar-refractivity contribution < 1.29 is 14.3 Å². The van der Waals surface area contributed by atoms with E-state index in [1.807, 2.05) is 18.7 Å². The minimum Gasteiger partial charge on any atom is -0.372 e. The summed E-state index contributed by atoms with van der Waals surface area (Å²) in [7, 11) is 0. The third-order valence-electron chi connectivity index (χ3n) is 5.03. The van der Waals surface area contributed by atoms with Crippen LogP contribution < -0.4 is 5.32 Å². The van der Waals surface area contributed by atoms with Crippen LogP contribution in [-0.4, -0.2) is 48.0 Å². The molecule has 25 heavy (non-hydrogen) atoms. The summed E-state index contributed by atoms with van der Waals surface area (Å²) >= 11 is 1.75. The summed E-state index contributed by atoms with van der Waals surface area (Å²) in [5, 5.41) is 4.29. The summed E-state index contributed by atoms with van der Waals surface area (Å²) in [5.41, 5.74) is 1.08. The largest absolute Gasteiger partial charge is 0.372 e. The van der Waals surface area contributed by atoms with E-state index < -0.39 is 0 Å². The van der Waals surface area contributed by atoms with Crippen molar-refractivity contribution in [3.8, 4) is 0 Å². The van der Waals surface area contributed by atoms with Gasteiger partial charge in [0.05, 0.1) is 16.7 Å². The number of amides is 2. The molecule has 1 saturated heterocycles. The number of hydrogen-bond acceptors (Lipinski definition) is 5. The van der Waals surface area contributed by atoms with Gasteiger partial charge in [0.15, 0.2) is 0 Å². The Bertz CT molecular complexity index is 623. The Balaban J connectivity index is 1.51. The summed E-state index contributed by atoms with van der Waals surface area (Å²) in [5.74, 6) is 0.122. The van der Waals surface area contributed by atoms with Crippen molar-refractivity contribution in [1.29, 1.82) is 0 Å². The number of piperidine rings is 1. The van der Waals surface area contributed by atoms with Crippen LogP contribution in [0, 0.1) is 12.8 Å². The van der Waals surface area contributed by atoms with E-state index in [1.54, 1.807) is 11.3 Å². The molecule has 1 atom stereocenters. The highest BCUT2D eigenvalue weighted by atomic mass is 32.1. The standard InChI is InChI=1S/C18H27N3O3S/c1-3-24-11-16(22)21-9-7-13(8-10-21)18(23)20-14-5-4-6-15-17(14)19-12(2)25-15/h13-14H,3-11H2,1-2H3,(H,20,23)/t14-/m1/s1. The third kappa shape index (κ3) is 4.39. The van der Waals surface area contributed by atoms with E-state index in [2.05, 4.69) is 10.3 Å². The second-order valence-corrected chi connectivity index (χ2v) is 8.07. The SMILES string of the molecule is CCOCC(=O)N1CCC(C(=O)N[C@@H]2CCCc3sc(C)nc32)CC1. The van der Waals surface area contributed by atoms with E-state index in [-0.39, 0.29) is 30.4 Å². The second kappa shape index (κ2) is 8.27. The zero-order chi connectivity index (χ0) is 17.8. The van der Waals surface area contributed by atoms with Crippen LogP contribution in [0.4, 0.5) is 0 Å². The molecule has 1 aromatic rings. The number of carbonyl (C=O) groups is 2. The number of thiazole rings is 1. The molecule has 3 rings (SSSR count). The number of rotatable bonds is 5. The molecule has 2 aliphatic rings. The zero-order valence-electron chi connectivity index (χ0n) is 15.0. The van der Waals surface area contributed by atoms with Crippen LogP contribution in [0.15, 0.2) is 0 Å². The number of aromatic nitrogens is 1. The number of hydrogen-bond donors (Lipinski definition) is 1. The molecule has 2 amide bonds. The van der Waals surface area contributed by atoms with Crippen molar-refractivity contribution in [2.24, 2.45) is 5.92 Å². The van der Waals surface area contributed by atoms with Crippen LogP contribution in [-0.2, 0) is 20.7 Å². The number of carbonyl (C=O) groups excluding carboxylic acids is 2. The number of nitrogens with zero attached hydrogens (tertiary/aromatic N) is 2. The molecule has 138 valence electrons. The fraction of sp³-hybridized carbons (Fsp3) is 0.722. The minimum atomic E-state index is -0.0127. The lowest BCUT2D eigenvalue weighted by Crippen LogP contribution is -2.45. The molecule has 1 aliphatic heterocycles. The van der Waals surface area contributed by atoms with Gasteiger partial charge < -0.3 is 15.0 Å². The molecule has 1 N–H and O–H groups in total. The van der Waals surface area contributed by atoms with Gasteiger partial charge in [-0.3, -0.25) is 9.59 Å². The van der Waals surface area contributed by atoms with E-state index in [4.69, 9.17) is 4.74 Å². The first-order valence-electron chi connectivity index (χ1n) is 9.20. The van der Waals surface area contributed by atoms with Crippen LogP contribution in [0.25, 0.3) is 0 Å². The maximum absolute atomic E-state index is 12.7. The molecule has 2 heterocycles. The molecule has 1 aliphatic carbocycles. The number of fused-ring (bicyclic) bond motifs is 1. The molecular weight excluding hydrogens is 338 g/mol. The second-order valence-electron chi connectivity index (χ2n) is 6.79. The number of aryl methyl sites for hydroxylation is 2. The Hall–Kier alpha value is -1.47. The van der Waals surface area contributed by atoms with E-state index in [0.717, 1.165) is 42.8 Å². The maximum Gasteiger partial charge on any atom is 0.248 e. The van der Waals surface area contributed by atoms with E-state index in [0.29, 0.717) is 19.7 Å². The van der Waals surface area contributed by atoms with Gasteiger partial charge in [-0.25, -0.2) is 4.98 Å². The molecule has 1 fully saturated rings. The lowest BCUT2D eigenvalue weighted by atomic mass is 9.93. The highest BCUT2D eigenvalue weighted by Crippen LogP contribution is 2.33. The molecule has 0 radical (unpaired) electrons. The lowest BCUT2D eigenvalue weighted by Gasteiger charge is -2.32. The summed E-state index contributed by atoms with van der Waals surface area (Å²) in [4.78, 5) is 32.4. The van der Waals surface area contributed by atoms with Crippen molar-refractivity contribution in [1.82, 2.24) is 15.2 Å². The Labute approximate surface area is 153 Å². The zero-order valence-corrected chi connectivity index (χ0v) is 15.9. The van der Waals surface area contributed by atoms with Gasteiger partial charge in [0, 0.05) is 30.5 Å². The average Bonchev–Trinajstić information content (AvgIpc) is 3.01. The average molecular weight is 365 g/mol. The monoisotopic (exact) mass is 365 g/mol. The van der Waals surface area contributed by atoms with Crippen LogP contribution in [0.5, 0.6) is 0 Å². The molecule has 0 bridgehead atoms. The Kier molecular flexibility index (Phi) is 6.06. The fourth-order valence-corrected chi connectivity index (χ4v) is 4.68. The third-order valence-corrected chi connectivity index (χ3v) is 6.07. The van der Waals surface area contributed by atoms with Gasteiger partial charge in [-0.15, -0.1) is 11.3 Å². The normalized spacial score (nSPS) is 21.0. The Morgan fingerprint density at radius 2 is 2.08 bits per heavy atom. The lowest BCUT2D eigenvalue weighted by molar-refractivity contribution is -0.139.